The van der Waals surface area contributed by atoms with Gasteiger partial charge in [-0.05, 0) is 30.2 Å². The summed E-state index contributed by atoms with van der Waals surface area (Å²) in [4.78, 5) is 10.5. The lowest BCUT2D eigenvalue weighted by molar-refractivity contribution is -0.158. The smallest absolute Gasteiger partial charge is 0.422 e. The minimum Gasteiger partial charge on any atom is -0.422 e. The van der Waals surface area contributed by atoms with Crippen LogP contribution in [-0.4, -0.2) is 12.1 Å². The van der Waals surface area contributed by atoms with Crippen molar-refractivity contribution < 1.29 is 27.1 Å². The van der Waals surface area contributed by atoms with Crippen LogP contribution in [0.15, 0.2) is 36.1 Å². The maximum atomic E-state index is 12.6. The van der Waals surface area contributed by atoms with Crippen LogP contribution in [0, 0.1) is 5.82 Å². The molecule has 0 unspecified atom stereocenters. The minimum absolute atomic E-state index is 0.109. The Morgan fingerprint density at radius 1 is 1.28 bits per heavy atom. The summed E-state index contributed by atoms with van der Waals surface area (Å²) in [5.74, 6) is -2.88. The molecule has 0 fully saturated rings. The fourth-order valence-corrected chi connectivity index (χ4v) is 1.20. The van der Waals surface area contributed by atoms with Crippen LogP contribution in [0.4, 0.5) is 17.6 Å². The van der Waals surface area contributed by atoms with Crippen molar-refractivity contribution in [3.8, 4) is 0 Å². The van der Waals surface area contributed by atoms with E-state index in [1.54, 1.807) is 0 Å². The van der Waals surface area contributed by atoms with Crippen molar-refractivity contribution in [2.45, 2.75) is 19.5 Å². The van der Waals surface area contributed by atoms with Crippen LogP contribution < -0.4 is 0 Å². The first kappa shape index (κ1) is 14.2. The van der Waals surface area contributed by atoms with Crippen LogP contribution >= 0.6 is 0 Å². The average molecular weight is 262 g/mol. The molecular weight excluding hydrogens is 252 g/mol. The zero-order valence-electron chi connectivity index (χ0n) is 9.42. The number of ether oxygens (including phenoxy) is 1. The number of rotatable bonds is 3. The van der Waals surface area contributed by atoms with E-state index in [0.29, 0.717) is 5.56 Å². The monoisotopic (exact) mass is 262 g/mol. The average Bonchev–Trinajstić information content (AvgIpc) is 2.24. The van der Waals surface area contributed by atoms with E-state index in [9.17, 15) is 22.4 Å². The highest BCUT2D eigenvalue weighted by Gasteiger charge is 2.36. The van der Waals surface area contributed by atoms with Gasteiger partial charge in [-0.3, -0.25) is 4.79 Å². The predicted octanol–water partition coefficient (Wildman–Crippen LogP) is 3.38. The summed E-state index contributed by atoms with van der Waals surface area (Å²) in [6.07, 6.45) is -4.09. The van der Waals surface area contributed by atoms with Crippen molar-refractivity contribution in [1.82, 2.24) is 0 Å². The summed E-state index contributed by atoms with van der Waals surface area (Å²) in [6.45, 7) is 0.886. The molecule has 6 heteroatoms. The zero-order valence-corrected chi connectivity index (χ0v) is 9.42. The molecule has 0 amide bonds. The fourth-order valence-electron chi connectivity index (χ4n) is 1.20. The van der Waals surface area contributed by atoms with Crippen molar-refractivity contribution in [2.24, 2.45) is 0 Å². The highest BCUT2D eigenvalue weighted by molar-refractivity contribution is 5.67. The molecule has 0 heterocycles. The number of carbonyl (C=O) groups excluding carboxylic acids is 1. The first-order chi connectivity index (χ1) is 8.29. The number of halogens is 4. The largest absolute Gasteiger partial charge is 0.449 e. The molecule has 0 spiro atoms. The molecule has 0 aliphatic carbocycles. The summed E-state index contributed by atoms with van der Waals surface area (Å²) in [5.41, 5.74) is 0.477. The number of benzene rings is 1. The van der Waals surface area contributed by atoms with Crippen LogP contribution in [0.5, 0.6) is 0 Å². The Morgan fingerprint density at radius 2 is 1.83 bits per heavy atom. The Morgan fingerprint density at radius 3 is 2.28 bits per heavy atom. The van der Waals surface area contributed by atoms with Crippen LogP contribution in [0.2, 0.25) is 0 Å². The second-order valence-electron chi connectivity index (χ2n) is 3.49. The zero-order chi connectivity index (χ0) is 13.8. The second kappa shape index (κ2) is 5.66. The Kier molecular flexibility index (Phi) is 4.47. The van der Waals surface area contributed by atoms with E-state index in [0.717, 1.165) is 25.1 Å². The number of allylic oxidation sites excluding steroid dienone is 2. The fraction of sp³-hybridized carbons (Fsp3) is 0.250. The lowest BCUT2D eigenvalue weighted by Crippen LogP contribution is -2.17. The molecule has 1 aromatic carbocycles. The van der Waals surface area contributed by atoms with Crippen molar-refractivity contribution >= 4 is 5.97 Å². The highest BCUT2D eigenvalue weighted by Crippen LogP contribution is 2.27. The Labute approximate surface area is 101 Å². The van der Waals surface area contributed by atoms with Gasteiger partial charge in [-0.25, -0.2) is 4.39 Å². The molecule has 0 aliphatic heterocycles. The second-order valence-corrected chi connectivity index (χ2v) is 3.49. The van der Waals surface area contributed by atoms with Crippen molar-refractivity contribution in [1.29, 1.82) is 0 Å². The van der Waals surface area contributed by atoms with Gasteiger partial charge in [-0.1, -0.05) is 12.1 Å². The molecule has 0 saturated heterocycles. The number of esters is 1. The highest BCUT2D eigenvalue weighted by atomic mass is 19.4. The normalized spacial score (nSPS) is 12.4. The summed E-state index contributed by atoms with van der Waals surface area (Å²) in [5, 5.41) is 0. The number of carbonyl (C=O) groups is 1. The predicted molar refractivity (Wildman–Crippen MR) is 56.0 cm³/mol. The Bertz CT molecular complexity index is 446. The van der Waals surface area contributed by atoms with Crippen molar-refractivity contribution in [3.05, 3.63) is 47.5 Å². The lowest BCUT2D eigenvalue weighted by atomic mass is 10.1. The van der Waals surface area contributed by atoms with Gasteiger partial charge in [0.2, 0.25) is 5.76 Å². The van der Waals surface area contributed by atoms with E-state index < -0.39 is 23.7 Å². The summed E-state index contributed by atoms with van der Waals surface area (Å²) in [7, 11) is 0. The molecule has 0 aromatic heterocycles. The summed E-state index contributed by atoms with van der Waals surface area (Å²) >= 11 is 0. The molecule has 0 N–H and O–H groups in total. The third kappa shape index (κ3) is 4.57. The number of hydrogen-bond donors (Lipinski definition) is 0. The molecule has 0 atom stereocenters. The molecular formula is C12H10F4O2. The minimum atomic E-state index is -4.73. The molecule has 0 radical (unpaired) electrons. The van der Waals surface area contributed by atoms with E-state index in [1.807, 2.05) is 0 Å². The van der Waals surface area contributed by atoms with E-state index in [4.69, 9.17) is 0 Å². The van der Waals surface area contributed by atoms with E-state index >= 15 is 0 Å². The van der Waals surface area contributed by atoms with Crippen molar-refractivity contribution in [3.63, 3.8) is 0 Å². The lowest BCUT2D eigenvalue weighted by Gasteiger charge is -2.10. The summed E-state index contributed by atoms with van der Waals surface area (Å²) < 4.78 is 54.0. The molecule has 0 aliphatic rings. The van der Waals surface area contributed by atoms with Gasteiger partial charge in [0, 0.05) is 6.92 Å². The van der Waals surface area contributed by atoms with Crippen LogP contribution in [0.25, 0.3) is 0 Å². The van der Waals surface area contributed by atoms with Crippen LogP contribution in [0.3, 0.4) is 0 Å². The Balaban J connectivity index is 2.83. The maximum Gasteiger partial charge on any atom is 0.449 e. The van der Waals surface area contributed by atoms with E-state index in [2.05, 4.69) is 4.74 Å². The van der Waals surface area contributed by atoms with E-state index in [1.165, 1.54) is 12.1 Å². The van der Waals surface area contributed by atoms with Gasteiger partial charge in [0.25, 0.3) is 0 Å². The third-order valence-electron chi connectivity index (χ3n) is 1.97. The van der Waals surface area contributed by atoms with Crippen LogP contribution in [-0.2, 0) is 16.0 Å². The van der Waals surface area contributed by atoms with Crippen molar-refractivity contribution in [2.75, 3.05) is 0 Å². The molecule has 2 nitrogen and oxygen atoms in total. The van der Waals surface area contributed by atoms with E-state index in [-0.39, 0.29) is 6.42 Å². The SMILES string of the molecule is CC(=O)OC(=CCc1ccc(F)cc1)C(F)(F)F. The van der Waals surface area contributed by atoms with Gasteiger partial charge < -0.3 is 4.74 Å². The molecule has 98 valence electrons. The summed E-state index contributed by atoms with van der Waals surface area (Å²) in [6, 6.07) is 4.99. The topological polar surface area (TPSA) is 26.3 Å². The van der Waals surface area contributed by atoms with Gasteiger partial charge in [0.15, 0.2) is 0 Å². The van der Waals surface area contributed by atoms with Gasteiger partial charge >= 0.3 is 12.1 Å². The van der Waals surface area contributed by atoms with Gasteiger partial charge in [0.1, 0.15) is 5.82 Å². The standard InChI is InChI=1S/C12H10F4O2/c1-8(17)18-11(12(14,15)16)7-4-9-2-5-10(13)6-3-9/h2-3,5-7H,4H2,1H3. The Hall–Kier alpha value is -1.85. The van der Waals surface area contributed by atoms with Gasteiger partial charge in [0.05, 0.1) is 0 Å². The number of hydrogen-bond acceptors (Lipinski definition) is 2. The maximum absolute atomic E-state index is 12.6. The van der Waals surface area contributed by atoms with Gasteiger partial charge in [-0.2, -0.15) is 13.2 Å². The first-order valence-electron chi connectivity index (χ1n) is 4.99. The molecule has 18 heavy (non-hydrogen) atoms. The molecule has 1 rings (SSSR count). The molecule has 1 aromatic rings. The molecule has 0 saturated carbocycles. The van der Waals surface area contributed by atoms with Crippen LogP contribution in [0.1, 0.15) is 12.5 Å². The molecule has 0 bridgehead atoms. The number of alkyl halides is 3. The van der Waals surface area contributed by atoms with Gasteiger partial charge in [-0.15, -0.1) is 0 Å². The third-order valence-corrected chi connectivity index (χ3v) is 1.97. The first-order valence-corrected chi connectivity index (χ1v) is 4.99. The quantitative estimate of drug-likeness (QED) is 0.474.